The Morgan fingerprint density at radius 3 is 2.67 bits per heavy atom. The number of aliphatic imine (C=N–C) groups is 1. The van der Waals surface area contributed by atoms with Crippen LogP contribution in [0.4, 0.5) is 0 Å². The molecule has 5 heterocycles. The van der Waals surface area contributed by atoms with Gasteiger partial charge in [0.05, 0.1) is 41.4 Å². The molecule has 5 unspecified atom stereocenters. The number of H-pyrrole nitrogens is 1. The van der Waals surface area contributed by atoms with Crippen LogP contribution in [-0.2, 0) is 20.8 Å². The highest BCUT2D eigenvalue weighted by molar-refractivity contribution is 5.99. The molecule has 3 aliphatic heterocycles. The van der Waals surface area contributed by atoms with Crippen molar-refractivity contribution in [3.63, 3.8) is 0 Å². The molecule has 2 fully saturated rings. The molecule has 0 spiro atoms. The molecule has 14 heteroatoms. The van der Waals surface area contributed by atoms with E-state index in [1.54, 1.807) is 41.7 Å². The van der Waals surface area contributed by atoms with Gasteiger partial charge in [-0.2, -0.15) is 15.5 Å². The minimum Gasteiger partial charge on any atom is -0.316 e. The number of piperidine rings is 2. The number of aromatic nitrogens is 4. The molecule has 3 aliphatic rings. The molecule has 14 nitrogen and oxygen atoms in total. The van der Waals surface area contributed by atoms with E-state index in [9.17, 15) is 24.4 Å². The number of hydrogen-bond acceptors (Lipinski definition) is 11. The number of carbonyl (C=O) groups excluding carboxylic acids is 2. The third-order valence-corrected chi connectivity index (χ3v) is 11.9. The molecule has 2 amide bonds. The summed E-state index contributed by atoms with van der Waals surface area (Å²) in [4.78, 5) is 62.2. The fraction of sp³-hybridized carbons (Fsp3) is 0.348. The topological polar surface area (TPSA) is 187 Å². The van der Waals surface area contributed by atoms with E-state index in [0.29, 0.717) is 40.6 Å². The molecule has 0 aliphatic carbocycles. The molecule has 0 bridgehead atoms. The first kappa shape index (κ1) is 40.2. The minimum absolute atomic E-state index is 0.178. The number of nitrogens with one attached hydrogen (secondary N) is 3. The number of nitrogens with zero attached hydrogens (tertiary/aromatic N) is 6. The zero-order valence-corrected chi connectivity index (χ0v) is 33.2. The number of allylic oxidation sites excluding steroid dienone is 1. The maximum absolute atomic E-state index is 13.6. The predicted molar refractivity (Wildman–Crippen MR) is 227 cm³/mol. The Kier molecular flexibility index (Phi) is 12.5. The van der Waals surface area contributed by atoms with Crippen LogP contribution in [0, 0.1) is 23.2 Å². The molecule has 3 N–H and O–H groups in total. The molecule has 0 radical (unpaired) electrons. The quantitative estimate of drug-likeness (QED) is 0.0981. The van der Waals surface area contributed by atoms with E-state index in [0.717, 1.165) is 73.7 Å². The van der Waals surface area contributed by atoms with Crippen molar-refractivity contribution in [2.45, 2.75) is 69.5 Å². The second-order valence-electron chi connectivity index (χ2n) is 15.7. The van der Waals surface area contributed by atoms with Gasteiger partial charge < -0.3 is 5.32 Å². The average Bonchev–Trinajstić information content (AvgIpc) is 3.28. The first-order valence-corrected chi connectivity index (χ1v) is 20.7. The number of amides is 2. The fourth-order valence-corrected chi connectivity index (χ4v) is 8.62. The number of imide groups is 1. The van der Waals surface area contributed by atoms with Crippen LogP contribution in [0.15, 0.2) is 112 Å². The van der Waals surface area contributed by atoms with Crippen LogP contribution in [0.25, 0.3) is 22.0 Å². The van der Waals surface area contributed by atoms with Crippen LogP contribution in [0.5, 0.6) is 0 Å². The van der Waals surface area contributed by atoms with Crippen molar-refractivity contribution in [2.75, 3.05) is 19.7 Å². The summed E-state index contributed by atoms with van der Waals surface area (Å²) in [5.74, 6) is -0.543. The van der Waals surface area contributed by atoms with E-state index < -0.39 is 24.0 Å². The number of hydroxylamine groups is 2. The number of hydrogen-bond donors (Lipinski definition) is 3. The van der Waals surface area contributed by atoms with E-state index in [-0.39, 0.29) is 29.9 Å². The maximum atomic E-state index is 13.6. The van der Waals surface area contributed by atoms with Gasteiger partial charge in [-0.3, -0.25) is 34.3 Å². The molecular weight excluding hydrogens is 759 g/mol. The molecule has 5 aromatic rings. The van der Waals surface area contributed by atoms with Gasteiger partial charge in [0, 0.05) is 35.3 Å². The summed E-state index contributed by atoms with van der Waals surface area (Å²) in [6.07, 6.45) is 13.1. The van der Waals surface area contributed by atoms with Crippen molar-refractivity contribution in [3.05, 3.63) is 140 Å². The number of benzene rings is 3. The molecule has 5 atom stereocenters. The van der Waals surface area contributed by atoms with Gasteiger partial charge in [-0.05, 0) is 105 Å². The standard InChI is InChI=1S/C46H47N9O5/c47-26-31-10-7-14-33(24-31)39-25-38(44(57)53-52-39)42(32-11-4-2-5-12-32)43-49-20-8-22-54(43)60-29-35-19-21-48-27-34(35)13-6-1-3-9-30-15-16-37-36(23-30)28-50-55(46(37)59)40-17-18-41(56)51-45(40)58/h2,4-5,7-8,10-12,14-16,20,22-25,28,34-35,40,42-43,48H,1,3,6,9,13,17-19,21,27,29H2,(H,53,57)(H,51,56,58). The highest BCUT2D eigenvalue weighted by atomic mass is 16.7. The molecule has 60 heavy (non-hydrogen) atoms. The number of unbranched alkanes of at least 4 members (excludes halogenated alkanes) is 2. The summed E-state index contributed by atoms with van der Waals surface area (Å²) in [6.45, 7) is 2.36. The Labute approximate surface area is 346 Å². The van der Waals surface area contributed by atoms with Crippen LogP contribution < -0.4 is 21.8 Å². The Morgan fingerprint density at radius 1 is 0.933 bits per heavy atom. The minimum atomic E-state index is -0.787. The number of aromatic amines is 1. The number of fused-ring (bicyclic) bond motifs is 1. The maximum Gasteiger partial charge on any atom is 0.275 e. The Hall–Kier alpha value is -6.56. The van der Waals surface area contributed by atoms with Gasteiger partial charge in [-0.15, -0.1) is 0 Å². The summed E-state index contributed by atoms with van der Waals surface area (Å²) in [5.41, 5.74) is 3.66. The van der Waals surface area contributed by atoms with Gasteiger partial charge in [0.25, 0.3) is 17.0 Å². The second kappa shape index (κ2) is 18.6. The zero-order chi connectivity index (χ0) is 41.4. The lowest BCUT2D eigenvalue weighted by Gasteiger charge is -2.37. The van der Waals surface area contributed by atoms with Gasteiger partial charge in [0.2, 0.25) is 5.91 Å². The third kappa shape index (κ3) is 9.02. The normalized spacial score (nSPS) is 20.8. The Bertz CT molecular complexity index is 2580. The van der Waals surface area contributed by atoms with Crippen molar-refractivity contribution in [1.29, 1.82) is 5.26 Å². The first-order valence-electron chi connectivity index (χ1n) is 20.7. The fourth-order valence-electron chi connectivity index (χ4n) is 8.62. The lowest BCUT2D eigenvalue weighted by atomic mass is 9.83. The molecular formula is C46H47N9O5. The van der Waals surface area contributed by atoms with Crippen molar-refractivity contribution in [1.82, 2.24) is 35.7 Å². The number of carbonyl (C=O) groups is 2. The molecule has 2 aromatic heterocycles. The molecule has 3 aromatic carbocycles. The number of aryl methyl sites for hydroxylation is 1. The van der Waals surface area contributed by atoms with Crippen LogP contribution in [0.3, 0.4) is 0 Å². The largest absolute Gasteiger partial charge is 0.316 e. The van der Waals surface area contributed by atoms with Gasteiger partial charge in [-0.1, -0.05) is 61.4 Å². The van der Waals surface area contributed by atoms with Crippen molar-refractivity contribution < 1.29 is 14.4 Å². The van der Waals surface area contributed by atoms with Gasteiger partial charge in [0.15, 0.2) is 6.17 Å². The van der Waals surface area contributed by atoms with Crippen LogP contribution in [0.2, 0.25) is 0 Å². The molecule has 8 rings (SSSR count). The zero-order valence-electron chi connectivity index (χ0n) is 33.2. The smallest absolute Gasteiger partial charge is 0.275 e. The van der Waals surface area contributed by atoms with Crippen LogP contribution in [0.1, 0.15) is 79.2 Å². The lowest BCUT2D eigenvalue weighted by Crippen LogP contribution is -2.45. The molecule has 306 valence electrons. The SMILES string of the molecule is N#Cc1cccc(-c2cc(C(c3ccccc3)C3N=CC=CN3OCC3CCNCC3CCCCCc3ccc4c(=O)n(C5CCC(=O)NC5=O)ncc4c3)c(=O)[nH]n2)c1. The first-order chi connectivity index (χ1) is 29.4. The van der Waals surface area contributed by atoms with Crippen LogP contribution >= 0.6 is 0 Å². The Balaban J connectivity index is 0.892. The lowest BCUT2D eigenvalue weighted by molar-refractivity contribution is -0.167. The van der Waals surface area contributed by atoms with E-state index in [2.05, 4.69) is 32.0 Å². The van der Waals surface area contributed by atoms with Gasteiger partial charge in [-0.25, -0.2) is 14.8 Å². The van der Waals surface area contributed by atoms with E-state index >= 15 is 0 Å². The Morgan fingerprint density at radius 2 is 1.82 bits per heavy atom. The van der Waals surface area contributed by atoms with Gasteiger partial charge in [0.1, 0.15) is 6.04 Å². The molecule has 2 saturated heterocycles. The van der Waals surface area contributed by atoms with Gasteiger partial charge >= 0.3 is 0 Å². The van der Waals surface area contributed by atoms with Crippen LogP contribution in [-0.4, -0.2) is 68.9 Å². The van der Waals surface area contributed by atoms with Crippen molar-refractivity contribution in [2.24, 2.45) is 16.8 Å². The van der Waals surface area contributed by atoms with Crippen molar-refractivity contribution >= 4 is 28.8 Å². The highest BCUT2D eigenvalue weighted by Crippen LogP contribution is 2.34. The van der Waals surface area contributed by atoms with E-state index in [4.69, 9.17) is 9.83 Å². The summed E-state index contributed by atoms with van der Waals surface area (Å²) >= 11 is 0. The second-order valence-corrected chi connectivity index (χ2v) is 15.7. The summed E-state index contributed by atoms with van der Waals surface area (Å²) in [5, 5.41) is 29.7. The predicted octanol–water partition coefficient (Wildman–Crippen LogP) is 5.31. The average molecular weight is 806 g/mol. The number of rotatable bonds is 14. The number of nitriles is 1. The third-order valence-electron chi connectivity index (χ3n) is 11.9. The van der Waals surface area contributed by atoms with E-state index in [1.165, 1.54) is 4.68 Å². The van der Waals surface area contributed by atoms with Crippen molar-refractivity contribution in [3.8, 4) is 17.3 Å². The molecule has 0 saturated carbocycles. The highest BCUT2D eigenvalue weighted by Gasteiger charge is 2.34. The van der Waals surface area contributed by atoms with E-state index in [1.807, 2.05) is 66.9 Å². The summed E-state index contributed by atoms with van der Waals surface area (Å²) < 4.78 is 1.19. The monoisotopic (exact) mass is 805 g/mol. The summed E-state index contributed by atoms with van der Waals surface area (Å²) in [6, 6.07) is 26.0. The summed E-state index contributed by atoms with van der Waals surface area (Å²) in [7, 11) is 0.